The fraction of sp³-hybridized carbons (Fsp3) is 0.333. The van der Waals surface area contributed by atoms with Gasteiger partial charge in [0.25, 0.3) is 0 Å². The zero-order valence-electron chi connectivity index (χ0n) is 10.2. The number of anilines is 1. The van der Waals surface area contributed by atoms with Crippen molar-refractivity contribution in [2.45, 2.75) is 19.3 Å². The Kier molecular flexibility index (Phi) is 2.81. The van der Waals surface area contributed by atoms with Gasteiger partial charge in [0, 0.05) is 18.5 Å². The number of halogens is 3. The van der Waals surface area contributed by atoms with E-state index in [9.17, 15) is 18.0 Å². The minimum atomic E-state index is -4.75. The molecule has 2 aromatic rings. The molecule has 1 aliphatic heterocycles. The van der Waals surface area contributed by atoms with Gasteiger partial charge in [-0.25, -0.2) is 4.79 Å². The molecule has 0 spiro atoms. The molecule has 0 radical (unpaired) electrons. The van der Waals surface area contributed by atoms with Crippen molar-refractivity contribution in [2.24, 2.45) is 0 Å². The highest BCUT2D eigenvalue weighted by Gasteiger charge is 2.31. The summed E-state index contributed by atoms with van der Waals surface area (Å²) in [6, 6.07) is 3.72. The molecule has 1 N–H and O–H groups in total. The van der Waals surface area contributed by atoms with Crippen molar-refractivity contribution in [1.82, 2.24) is 9.55 Å². The van der Waals surface area contributed by atoms with Crippen LogP contribution in [0.2, 0.25) is 0 Å². The molecular formula is C12H10F3N3O2. The van der Waals surface area contributed by atoms with E-state index in [4.69, 9.17) is 0 Å². The molecule has 1 aromatic carbocycles. The first-order chi connectivity index (χ1) is 9.44. The van der Waals surface area contributed by atoms with E-state index in [1.54, 1.807) is 0 Å². The van der Waals surface area contributed by atoms with Gasteiger partial charge in [-0.3, -0.25) is 4.57 Å². The van der Waals surface area contributed by atoms with Crippen LogP contribution in [-0.2, 0) is 6.54 Å². The molecule has 5 nitrogen and oxygen atoms in total. The van der Waals surface area contributed by atoms with Gasteiger partial charge in [0.1, 0.15) is 11.6 Å². The first-order valence-electron chi connectivity index (χ1n) is 5.98. The van der Waals surface area contributed by atoms with Crippen LogP contribution >= 0.6 is 0 Å². The Morgan fingerprint density at radius 2 is 2.15 bits per heavy atom. The minimum Gasteiger partial charge on any atom is -0.406 e. The number of hydrogen-bond acceptors (Lipinski definition) is 4. The summed E-state index contributed by atoms with van der Waals surface area (Å²) >= 11 is 0. The molecule has 0 saturated carbocycles. The summed E-state index contributed by atoms with van der Waals surface area (Å²) in [6.07, 6.45) is -3.99. The minimum absolute atomic E-state index is 0.333. The van der Waals surface area contributed by atoms with Crippen molar-refractivity contribution >= 4 is 16.7 Å². The molecule has 0 fully saturated rings. The lowest BCUT2D eigenvalue weighted by molar-refractivity contribution is -0.274. The van der Waals surface area contributed by atoms with Crippen LogP contribution in [0.1, 0.15) is 6.42 Å². The molecule has 1 aromatic heterocycles. The lowest BCUT2D eigenvalue weighted by Crippen LogP contribution is -2.30. The molecule has 0 saturated heterocycles. The second kappa shape index (κ2) is 4.39. The Balaban J connectivity index is 2.17. The summed E-state index contributed by atoms with van der Waals surface area (Å²) in [5.74, 6) is 0.152. The first-order valence-corrected chi connectivity index (χ1v) is 5.98. The molecule has 3 rings (SSSR count). The normalized spacial score (nSPS) is 14.8. The summed E-state index contributed by atoms with van der Waals surface area (Å²) in [5, 5.41) is 3.46. The van der Waals surface area contributed by atoms with E-state index in [1.807, 2.05) is 0 Å². The smallest absolute Gasteiger partial charge is 0.406 e. The highest BCUT2D eigenvalue weighted by atomic mass is 19.4. The predicted molar refractivity (Wildman–Crippen MR) is 65.8 cm³/mol. The Bertz CT molecular complexity index is 724. The van der Waals surface area contributed by atoms with Crippen LogP contribution < -0.4 is 15.7 Å². The van der Waals surface area contributed by atoms with Crippen LogP contribution in [-0.4, -0.2) is 22.5 Å². The summed E-state index contributed by atoms with van der Waals surface area (Å²) in [7, 11) is 0. The van der Waals surface area contributed by atoms with Crippen molar-refractivity contribution in [3.05, 3.63) is 28.7 Å². The molecule has 20 heavy (non-hydrogen) atoms. The Morgan fingerprint density at radius 1 is 1.35 bits per heavy atom. The van der Waals surface area contributed by atoms with Crippen molar-refractivity contribution in [3.8, 4) is 5.75 Å². The second-order valence-electron chi connectivity index (χ2n) is 4.40. The SMILES string of the molecule is O=c1nc2ccc(OC(F)(F)F)cc2c2n1CCCN2. The van der Waals surface area contributed by atoms with Crippen molar-refractivity contribution in [3.63, 3.8) is 0 Å². The molecule has 1 aliphatic rings. The van der Waals surface area contributed by atoms with Crippen LogP contribution in [0, 0.1) is 0 Å². The number of aromatic nitrogens is 2. The van der Waals surface area contributed by atoms with Crippen LogP contribution in [0.4, 0.5) is 19.0 Å². The quantitative estimate of drug-likeness (QED) is 0.872. The third-order valence-corrected chi connectivity index (χ3v) is 3.02. The largest absolute Gasteiger partial charge is 0.573 e. The number of fused-ring (bicyclic) bond motifs is 3. The third kappa shape index (κ3) is 2.28. The number of alkyl halides is 3. The van der Waals surface area contributed by atoms with E-state index in [1.165, 1.54) is 16.7 Å². The maximum absolute atomic E-state index is 12.2. The van der Waals surface area contributed by atoms with Gasteiger partial charge in [-0.15, -0.1) is 13.2 Å². The maximum atomic E-state index is 12.2. The van der Waals surface area contributed by atoms with Crippen molar-refractivity contribution in [1.29, 1.82) is 0 Å². The van der Waals surface area contributed by atoms with Gasteiger partial charge in [-0.05, 0) is 24.6 Å². The van der Waals surface area contributed by atoms with Crippen molar-refractivity contribution < 1.29 is 17.9 Å². The monoisotopic (exact) mass is 285 g/mol. The summed E-state index contributed by atoms with van der Waals surface area (Å²) in [6.45, 7) is 1.15. The molecule has 2 heterocycles. The molecule has 0 amide bonds. The van der Waals surface area contributed by atoms with Gasteiger partial charge in [-0.2, -0.15) is 4.98 Å². The fourth-order valence-corrected chi connectivity index (χ4v) is 2.25. The van der Waals surface area contributed by atoms with E-state index in [0.29, 0.717) is 29.8 Å². The number of hydrogen-bond donors (Lipinski definition) is 1. The maximum Gasteiger partial charge on any atom is 0.573 e. The number of rotatable bonds is 1. The third-order valence-electron chi connectivity index (χ3n) is 3.02. The standard InChI is InChI=1S/C12H10F3N3O2/c13-12(14,15)20-7-2-3-9-8(6-7)10-16-4-1-5-18(10)11(19)17-9/h2-3,6,16H,1,4-5H2. The number of nitrogens with one attached hydrogen (secondary N) is 1. The average molecular weight is 285 g/mol. The summed E-state index contributed by atoms with van der Waals surface area (Å²) < 4.78 is 42.0. The van der Waals surface area contributed by atoms with Gasteiger partial charge >= 0.3 is 12.1 Å². The summed E-state index contributed by atoms with van der Waals surface area (Å²) in [5.41, 5.74) is -0.0747. The number of nitrogens with zero attached hydrogens (tertiary/aromatic N) is 2. The summed E-state index contributed by atoms with van der Waals surface area (Å²) in [4.78, 5) is 15.6. The molecule has 0 unspecified atom stereocenters. The lowest BCUT2D eigenvalue weighted by atomic mass is 10.2. The van der Waals surface area contributed by atoms with E-state index in [2.05, 4.69) is 15.0 Å². The topological polar surface area (TPSA) is 56.1 Å². The molecule has 8 heteroatoms. The first kappa shape index (κ1) is 12.8. The van der Waals surface area contributed by atoms with Gasteiger partial charge in [0.05, 0.1) is 5.52 Å². The van der Waals surface area contributed by atoms with Gasteiger partial charge in [0.15, 0.2) is 0 Å². The predicted octanol–water partition coefficient (Wildman–Crippen LogP) is 2.11. The van der Waals surface area contributed by atoms with Gasteiger partial charge in [-0.1, -0.05) is 0 Å². The van der Waals surface area contributed by atoms with E-state index >= 15 is 0 Å². The zero-order valence-corrected chi connectivity index (χ0v) is 10.2. The van der Waals surface area contributed by atoms with E-state index in [0.717, 1.165) is 12.5 Å². The molecule has 106 valence electrons. The fourth-order valence-electron chi connectivity index (χ4n) is 2.25. The number of ether oxygens (including phenoxy) is 1. The highest BCUT2D eigenvalue weighted by Crippen LogP contribution is 2.29. The molecular weight excluding hydrogens is 275 g/mol. The lowest BCUT2D eigenvalue weighted by Gasteiger charge is -2.21. The Hall–Kier alpha value is -2.25. The van der Waals surface area contributed by atoms with Crippen LogP contribution in [0.5, 0.6) is 5.75 Å². The van der Waals surface area contributed by atoms with Crippen molar-refractivity contribution in [2.75, 3.05) is 11.9 Å². The highest BCUT2D eigenvalue weighted by molar-refractivity contribution is 5.90. The van der Waals surface area contributed by atoms with E-state index < -0.39 is 12.1 Å². The number of benzene rings is 1. The molecule has 0 bridgehead atoms. The second-order valence-corrected chi connectivity index (χ2v) is 4.40. The van der Waals surface area contributed by atoms with Gasteiger partial charge < -0.3 is 10.1 Å². The van der Waals surface area contributed by atoms with E-state index in [-0.39, 0.29) is 5.75 Å². The molecule has 0 atom stereocenters. The Morgan fingerprint density at radius 3 is 2.90 bits per heavy atom. The average Bonchev–Trinajstić information content (AvgIpc) is 2.38. The molecule has 0 aliphatic carbocycles. The van der Waals surface area contributed by atoms with Crippen LogP contribution in [0.15, 0.2) is 23.0 Å². The zero-order chi connectivity index (χ0) is 14.3. The van der Waals surface area contributed by atoms with Crippen LogP contribution in [0.3, 0.4) is 0 Å². The van der Waals surface area contributed by atoms with Crippen LogP contribution in [0.25, 0.3) is 10.9 Å². The Labute approximate surface area is 111 Å². The van der Waals surface area contributed by atoms with Gasteiger partial charge in [0.2, 0.25) is 0 Å².